The fourth-order valence-corrected chi connectivity index (χ4v) is 4.01. The molecule has 0 heterocycles. The Morgan fingerprint density at radius 1 is 1.37 bits per heavy atom. The van der Waals surface area contributed by atoms with E-state index in [0.717, 1.165) is 32.2 Å². The van der Waals surface area contributed by atoms with Gasteiger partial charge in [0.1, 0.15) is 5.54 Å². The highest BCUT2D eigenvalue weighted by Gasteiger charge is 2.43. The van der Waals surface area contributed by atoms with E-state index in [-0.39, 0.29) is 5.97 Å². The second-order valence-corrected chi connectivity index (χ2v) is 6.73. The average Bonchev–Trinajstić information content (AvgIpc) is 2.43. The number of ether oxygens (including phenoxy) is 1. The predicted octanol–water partition coefficient (Wildman–Crippen LogP) is 3.37. The maximum atomic E-state index is 12.4. The highest BCUT2D eigenvalue weighted by Crippen LogP contribution is 2.36. The first-order valence-electron chi connectivity index (χ1n) is 7.72. The second-order valence-electron chi connectivity index (χ2n) is 5.32. The quantitative estimate of drug-likeness (QED) is 0.695. The lowest BCUT2D eigenvalue weighted by Crippen LogP contribution is -2.56. The van der Waals surface area contributed by atoms with E-state index in [0.29, 0.717) is 11.9 Å². The molecule has 0 amide bonds. The van der Waals surface area contributed by atoms with Gasteiger partial charge in [-0.2, -0.15) is 11.8 Å². The van der Waals surface area contributed by atoms with Crippen molar-refractivity contribution in [2.45, 2.75) is 70.1 Å². The number of rotatable bonds is 8. The average molecular weight is 287 g/mol. The first-order chi connectivity index (χ1) is 9.18. The van der Waals surface area contributed by atoms with Crippen molar-refractivity contribution in [1.82, 2.24) is 5.32 Å². The summed E-state index contributed by atoms with van der Waals surface area (Å²) in [4.78, 5) is 12.4. The molecular weight excluding hydrogens is 258 g/mol. The molecule has 0 spiro atoms. The van der Waals surface area contributed by atoms with Gasteiger partial charge in [-0.3, -0.25) is 4.79 Å². The summed E-state index contributed by atoms with van der Waals surface area (Å²) in [7, 11) is 0. The minimum absolute atomic E-state index is 0.0368. The van der Waals surface area contributed by atoms with Crippen LogP contribution in [-0.2, 0) is 9.53 Å². The van der Waals surface area contributed by atoms with E-state index < -0.39 is 5.54 Å². The highest BCUT2D eigenvalue weighted by atomic mass is 32.2. The van der Waals surface area contributed by atoms with Crippen molar-refractivity contribution in [3.8, 4) is 0 Å². The number of thioether (sulfide) groups is 1. The van der Waals surface area contributed by atoms with Gasteiger partial charge in [-0.25, -0.2) is 0 Å². The topological polar surface area (TPSA) is 38.3 Å². The van der Waals surface area contributed by atoms with E-state index in [2.05, 4.69) is 19.2 Å². The molecule has 19 heavy (non-hydrogen) atoms. The van der Waals surface area contributed by atoms with Gasteiger partial charge < -0.3 is 10.1 Å². The Labute approximate surface area is 122 Å². The molecule has 0 saturated heterocycles. The van der Waals surface area contributed by atoms with Crippen LogP contribution in [0.1, 0.15) is 59.3 Å². The molecular formula is C15H29NO2S. The Morgan fingerprint density at radius 3 is 2.79 bits per heavy atom. The molecule has 3 nitrogen and oxygen atoms in total. The van der Waals surface area contributed by atoms with Crippen LogP contribution in [0.3, 0.4) is 0 Å². The molecule has 1 N–H and O–H groups in total. The van der Waals surface area contributed by atoms with E-state index in [4.69, 9.17) is 4.74 Å². The molecule has 0 aromatic rings. The van der Waals surface area contributed by atoms with Gasteiger partial charge in [-0.05, 0) is 57.7 Å². The molecule has 2 unspecified atom stereocenters. The van der Waals surface area contributed by atoms with Crippen LogP contribution in [0, 0.1) is 0 Å². The van der Waals surface area contributed by atoms with Gasteiger partial charge in [0, 0.05) is 5.25 Å². The van der Waals surface area contributed by atoms with Crippen LogP contribution in [0.15, 0.2) is 0 Å². The summed E-state index contributed by atoms with van der Waals surface area (Å²) < 4.78 is 5.32. The second kappa shape index (κ2) is 8.85. The predicted molar refractivity (Wildman–Crippen MR) is 82.7 cm³/mol. The molecule has 0 aromatic carbocycles. The molecule has 0 aliphatic heterocycles. The van der Waals surface area contributed by atoms with Gasteiger partial charge in [-0.15, -0.1) is 0 Å². The van der Waals surface area contributed by atoms with Crippen molar-refractivity contribution >= 4 is 17.7 Å². The zero-order valence-corrected chi connectivity index (χ0v) is 13.5. The Kier molecular flexibility index (Phi) is 7.84. The zero-order valence-electron chi connectivity index (χ0n) is 12.7. The minimum Gasteiger partial charge on any atom is -0.465 e. The highest BCUT2D eigenvalue weighted by molar-refractivity contribution is 7.99. The molecule has 0 aromatic heterocycles. The van der Waals surface area contributed by atoms with Crippen molar-refractivity contribution in [3.63, 3.8) is 0 Å². The van der Waals surface area contributed by atoms with Gasteiger partial charge >= 0.3 is 5.97 Å². The lowest BCUT2D eigenvalue weighted by atomic mass is 9.81. The smallest absolute Gasteiger partial charge is 0.326 e. The monoisotopic (exact) mass is 287 g/mol. The van der Waals surface area contributed by atoms with Crippen molar-refractivity contribution in [3.05, 3.63) is 0 Å². The Hall–Kier alpha value is -0.220. The van der Waals surface area contributed by atoms with Crippen molar-refractivity contribution in [2.75, 3.05) is 18.9 Å². The van der Waals surface area contributed by atoms with Crippen molar-refractivity contribution < 1.29 is 9.53 Å². The van der Waals surface area contributed by atoms with E-state index in [1.54, 1.807) is 0 Å². The lowest BCUT2D eigenvalue weighted by Gasteiger charge is -2.39. The summed E-state index contributed by atoms with van der Waals surface area (Å²) in [5.74, 6) is 1.16. The number of carbonyl (C=O) groups is 1. The van der Waals surface area contributed by atoms with E-state index in [1.807, 2.05) is 18.7 Å². The SMILES string of the molecule is CCCNC1(C(=O)OCC)CCCC(SCCC)C1. The van der Waals surface area contributed by atoms with Gasteiger partial charge in [0.05, 0.1) is 6.61 Å². The molecule has 1 saturated carbocycles. The lowest BCUT2D eigenvalue weighted by molar-refractivity contribution is -0.152. The van der Waals surface area contributed by atoms with Gasteiger partial charge in [0.15, 0.2) is 0 Å². The number of hydrogen-bond acceptors (Lipinski definition) is 4. The first kappa shape index (κ1) is 16.8. The molecule has 1 aliphatic rings. The maximum absolute atomic E-state index is 12.4. The molecule has 1 fully saturated rings. The molecule has 4 heteroatoms. The number of hydrogen-bond donors (Lipinski definition) is 1. The third-order valence-electron chi connectivity index (χ3n) is 3.64. The third kappa shape index (κ3) is 4.99. The van der Waals surface area contributed by atoms with Crippen LogP contribution in [0.2, 0.25) is 0 Å². The summed E-state index contributed by atoms with van der Waals surface area (Å²) in [5.41, 5.74) is -0.421. The molecule has 0 bridgehead atoms. The normalized spacial score (nSPS) is 27.2. The van der Waals surface area contributed by atoms with Crippen LogP contribution in [0.5, 0.6) is 0 Å². The number of carbonyl (C=O) groups excluding carboxylic acids is 1. The maximum Gasteiger partial charge on any atom is 0.326 e. The van der Waals surface area contributed by atoms with E-state index in [1.165, 1.54) is 18.6 Å². The van der Waals surface area contributed by atoms with E-state index in [9.17, 15) is 4.79 Å². The summed E-state index contributed by atoms with van der Waals surface area (Å²) in [5, 5.41) is 4.09. The summed E-state index contributed by atoms with van der Waals surface area (Å²) in [6.07, 6.45) is 6.46. The fourth-order valence-electron chi connectivity index (χ4n) is 2.70. The summed E-state index contributed by atoms with van der Waals surface area (Å²) in [6, 6.07) is 0. The molecule has 112 valence electrons. The van der Waals surface area contributed by atoms with Crippen molar-refractivity contribution in [1.29, 1.82) is 0 Å². The van der Waals surface area contributed by atoms with Crippen molar-refractivity contribution in [2.24, 2.45) is 0 Å². The number of nitrogens with one attached hydrogen (secondary N) is 1. The Bertz CT molecular complexity index is 273. The molecule has 1 aliphatic carbocycles. The van der Waals surface area contributed by atoms with Crippen LogP contribution in [0.25, 0.3) is 0 Å². The van der Waals surface area contributed by atoms with Gasteiger partial charge in [0.25, 0.3) is 0 Å². The summed E-state index contributed by atoms with van der Waals surface area (Å²) in [6.45, 7) is 7.60. The fraction of sp³-hybridized carbons (Fsp3) is 0.933. The van der Waals surface area contributed by atoms with Crippen LogP contribution >= 0.6 is 11.8 Å². The van der Waals surface area contributed by atoms with Crippen LogP contribution in [-0.4, -0.2) is 35.7 Å². The summed E-state index contributed by atoms with van der Waals surface area (Å²) >= 11 is 2.02. The Morgan fingerprint density at radius 2 is 2.16 bits per heavy atom. The van der Waals surface area contributed by atoms with Crippen LogP contribution < -0.4 is 5.32 Å². The largest absolute Gasteiger partial charge is 0.465 e. The standard InChI is InChI=1S/C15H29NO2S/c1-4-10-16-15(14(17)18-6-3)9-7-8-13(12-15)19-11-5-2/h13,16H,4-12H2,1-3H3. The Balaban J connectivity index is 2.68. The van der Waals surface area contributed by atoms with Crippen LogP contribution in [0.4, 0.5) is 0 Å². The van der Waals surface area contributed by atoms with Gasteiger partial charge in [0.2, 0.25) is 0 Å². The third-order valence-corrected chi connectivity index (χ3v) is 5.16. The minimum atomic E-state index is -0.421. The molecule has 2 atom stereocenters. The number of esters is 1. The zero-order chi connectivity index (χ0) is 14.1. The molecule has 1 rings (SSSR count). The van der Waals surface area contributed by atoms with E-state index >= 15 is 0 Å². The molecule has 0 radical (unpaired) electrons. The van der Waals surface area contributed by atoms with Gasteiger partial charge in [-0.1, -0.05) is 13.8 Å². The first-order valence-corrected chi connectivity index (χ1v) is 8.77.